The smallest absolute Gasteiger partial charge is 0.197 e. The summed E-state index contributed by atoms with van der Waals surface area (Å²) >= 11 is 5.85. The van der Waals surface area contributed by atoms with E-state index in [9.17, 15) is 9.90 Å². The van der Waals surface area contributed by atoms with Crippen molar-refractivity contribution >= 4 is 23.1 Å². The summed E-state index contributed by atoms with van der Waals surface area (Å²) in [6.45, 7) is 0. The molecule has 1 atom stereocenters. The lowest BCUT2D eigenvalue weighted by Crippen LogP contribution is -2.14. The first kappa shape index (κ1) is 12.6. The number of ketones is 1. The maximum absolute atomic E-state index is 12.1. The van der Waals surface area contributed by atoms with Crippen LogP contribution in [0.2, 0.25) is 5.02 Å². The number of benzene rings is 2. The molecule has 0 fully saturated rings. The van der Waals surface area contributed by atoms with Crippen molar-refractivity contribution in [3.05, 3.63) is 64.7 Å². The van der Waals surface area contributed by atoms with Gasteiger partial charge in [-0.2, -0.15) is 0 Å². The Morgan fingerprint density at radius 1 is 1.11 bits per heavy atom. The maximum Gasteiger partial charge on any atom is 0.197 e. The van der Waals surface area contributed by atoms with Gasteiger partial charge in [0.05, 0.1) is 10.7 Å². The Morgan fingerprint density at radius 3 is 2.44 bits per heavy atom. The first-order valence-electron chi connectivity index (χ1n) is 5.42. The number of carbonyl (C=O) groups is 1. The second-order valence-corrected chi connectivity index (χ2v) is 4.29. The number of nitrogens with two attached hydrogens (primary N) is 1. The van der Waals surface area contributed by atoms with E-state index in [-0.39, 0.29) is 11.3 Å². The highest BCUT2D eigenvalue weighted by Gasteiger charge is 2.21. The van der Waals surface area contributed by atoms with Gasteiger partial charge in [0.15, 0.2) is 5.78 Å². The normalized spacial score (nSPS) is 12.1. The molecule has 0 amide bonds. The minimum atomic E-state index is -1.23. The van der Waals surface area contributed by atoms with Crippen LogP contribution < -0.4 is 5.73 Å². The summed E-state index contributed by atoms with van der Waals surface area (Å²) < 4.78 is 0. The predicted octanol–water partition coefficient (Wildman–Crippen LogP) is 2.84. The third-order valence-electron chi connectivity index (χ3n) is 2.68. The number of nitrogen functional groups attached to an aromatic ring is 1. The number of hydrogen-bond acceptors (Lipinski definition) is 3. The molecule has 18 heavy (non-hydrogen) atoms. The number of hydrogen-bond donors (Lipinski definition) is 2. The van der Waals surface area contributed by atoms with Crippen LogP contribution in [-0.4, -0.2) is 10.9 Å². The van der Waals surface area contributed by atoms with Crippen molar-refractivity contribution in [1.29, 1.82) is 0 Å². The van der Waals surface area contributed by atoms with Gasteiger partial charge in [-0.3, -0.25) is 4.79 Å². The number of halogens is 1. The number of Topliss-reactive ketones (excluding diaryl/α,β-unsaturated/α-hetero) is 1. The van der Waals surface area contributed by atoms with Crippen LogP contribution in [0.25, 0.3) is 0 Å². The molecule has 3 nitrogen and oxygen atoms in total. The first-order valence-corrected chi connectivity index (χ1v) is 5.80. The van der Waals surface area contributed by atoms with Gasteiger partial charge in [0.2, 0.25) is 0 Å². The lowest BCUT2D eigenvalue weighted by Gasteiger charge is -2.12. The number of anilines is 1. The van der Waals surface area contributed by atoms with Crippen LogP contribution in [0.5, 0.6) is 0 Å². The molecular weight excluding hydrogens is 250 g/mol. The maximum atomic E-state index is 12.1. The van der Waals surface area contributed by atoms with E-state index in [2.05, 4.69) is 0 Å². The van der Waals surface area contributed by atoms with Crippen LogP contribution >= 0.6 is 11.6 Å². The lowest BCUT2D eigenvalue weighted by atomic mass is 9.99. The number of aliphatic hydroxyl groups is 1. The van der Waals surface area contributed by atoms with Crippen LogP contribution in [0.15, 0.2) is 48.5 Å². The Bertz CT molecular complexity index is 569. The van der Waals surface area contributed by atoms with Gasteiger partial charge in [0, 0.05) is 5.56 Å². The van der Waals surface area contributed by atoms with E-state index in [0.717, 1.165) is 0 Å². The molecule has 0 saturated carbocycles. The molecule has 3 N–H and O–H groups in total. The van der Waals surface area contributed by atoms with Crippen molar-refractivity contribution in [3.8, 4) is 0 Å². The third kappa shape index (κ3) is 2.37. The SMILES string of the molecule is Nc1c(Cl)cccc1C(=O)C(O)c1ccccc1. The van der Waals surface area contributed by atoms with E-state index in [0.29, 0.717) is 10.6 Å². The summed E-state index contributed by atoms with van der Waals surface area (Å²) in [5, 5.41) is 10.3. The average Bonchev–Trinajstić information content (AvgIpc) is 2.41. The van der Waals surface area contributed by atoms with Crippen LogP contribution in [0.1, 0.15) is 22.0 Å². The quantitative estimate of drug-likeness (QED) is 0.660. The number of carbonyl (C=O) groups excluding carboxylic acids is 1. The van der Waals surface area contributed by atoms with Crippen molar-refractivity contribution in [3.63, 3.8) is 0 Å². The molecule has 0 saturated heterocycles. The zero-order valence-corrected chi connectivity index (χ0v) is 10.3. The van der Waals surface area contributed by atoms with Crippen molar-refractivity contribution < 1.29 is 9.90 Å². The monoisotopic (exact) mass is 261 g/mol. The molecule has 0 aliphatic heterocycles. The molecule has 1 unspecified atom stereocenters. The zero-order chi connectivity index (χ0) is 13.1. The standard InChI is InChI=1S/C14H12ClNO2/c15-11-8-4-7-10(12(11)16)14(18)13(17)9-5-2-1-3-6-9/h1-8,13,17H,16H2. The van der Waals surface area contributed by atoms with E-state index in [1.54, 1.807) is 42.5 Å². The third-order valence-corrected chi connectivity index (χ3v) is 3.01. The Morgan fingerprint density at radius 2 is 1.78 bits per heavy atom. The number of para-hydroxylation sites is 1. The summed E-state index contributed by atoms with van der Waals surface area (Å²) in [6, 6.07) is 13.5. The van der Waals surface area contributed by atoms with Crippen LogP contribution in [0.4, 0.5) is 5.69 Å². The fourth-order valence-corrected chi connectivity index (χ4v) is 1.86. The van der Waals surface area contributed by atoms with Gasteiger partial charge < -0.3 is 10.8 Å². The highest BCUT2D eigenvalue weighted by Crippen LogP contribution is 2.27. The van der Waals surface area contributed by atoms with E-state index in [1.807, 2.05) is 6.07 Å². The van der Waals surface area contributed by atoms with Gasteiger partial charge in [-0.15, -0.1) is 0 Å². The summed E-state index contributed by atoms with van der Waals surface area (Å²) in [5.41, 5.74) is 6.69. The first-order chi connectivity index (χ1) is 8.61. The van der Waals surface area contributed by atoms with Crippen molar-refractivity contribution in [2.45, 2.75) is 6.10 Å². The van der Waals surface area contributed by atoms with Gasteiger partial charge >= 0.3 is 0 Å². The highest BCUT2D eigenvalue weighted by molar-refractivity contribution is 6.34. The topological polar surface area (TPSA) is 63.3 Å². The Hall–Kier alpha value is -1.84. The van der Waals surface area contributed by atoms with Crippen molar-refractivity contribution in [2.75, 3.05) is 5.73 Å². The van der Waals surface area contributed by atoms with Gasteiger partial charge in [-0.1, -0.05) is 48.0 Å². The van der Waals surface area contributed by atoms with Crippen molar-refractivity contribution in [1.82, 2.24) is 0 Å². The predicted molar refractivity (Wildman–Crippen MR) is 71.6 cm³/mol. The Balaban J connectivity index is 2.35. The molecule has 4 heteroatoms. The molecule has 2 aromatic rings. The minimum absolute atomic E-state index is 0.194. The van der Waals surface area contributed by atoms with E-state index in [4.69, 9.17) is 17.3 Å². The number of aliphatic hydroxyl groups excluding tert-OH is 1. The van der Waals surface area contributed by atoms with Crippen LogP contribution in [-0.2, 0) is 0 Å². The molecule has 0 aliphatic rings. The molecule has 2 aromatic carbocycles. The molecule has 92 valence electrons. The fraction of sp³-hybridized carbons (Fsp3) is 0.0714. The fourth-order valence-electron chi connectivity index (χ4n) is 1.69. The molecule has 0 heterocycles. The second kappa shape index (κ2) is 5.21. The molecule has 0 bridgehead atoms. The molecule has 0 aromatic heterocycles. The Kier molecular flexibility index (Phi) is 3.65. The van der Waals surface area contributed by atoms with E-state index in [1.165, 1.54) is 0 Å². The summed E-state index contributed by atoms with van der Waals surface area (Å²) in [4.78, 5) is 12.1. The summed E-state index contributed by atoms with van der Waals surface area (Å²) in [5.74, 6) is -0.457. The van der Waals surface area contributed by atoms with Gasteiger partial charge in [0.1, 0.15) is 6.10 Å². The largest absolute Gasteiger partial charge is 0.397 e. The molecular formula is C14H12ClNO2. The van der Waals surface area contributed by atoms with Crippen LogP contribution in [0, 0.1) is 0 Å². The summed E-state index contributed by atoms with van der Waals surface area (Å²) in [7, 11) is 0. The molecule has 0 spiro atoms. The Labute approximate surface area is 110 Å². The molecule has 0 radical (unpaired) electrons. The lowest BCUT2D eigenvalue weighted by molar-refractivity contribution is 0.0748. The zero-order valence-electron chi connectivity index (χ0n) is 9.51. The van der Waals surface area contributed by atoms with Gasteiger partial charge in [-0.05, 0) is 17.7 Å². The number of rotatable bonds is 3. The molecule has 0 aliphatic carbocycles. The minimum Gasteiger partial charge on any atom is -0.397 e. The van der Waals surface area contributed by atoms with Crippen LogP contribution in [0.3, 0.4) is 0 Å². The molecule has 2 rings (SSSR count). The van der Waals surface area contributed by atoms with Gasteiger partial charge in [0.25, 0.3) is 0 Å². The van der Waals surface area contributed by atoms with E-state index < -0.39 is 11.9 Å². The second-order valence-electron chi connectivity index (χ2n) is 3.88. The average molecular weight is 262 g/mol. The van der Waals surface area contributed by atoms with Crippen molar-refractivity contribution in [2.24, 2.45) is 0 Å². The van der Waals surface area contributed by atoms with Gasteiger partial charge in [-0.25, -0.2) is 0 Å². The highest BCUT2D eigenvalue weighted by atomic mass is 35.5. The summed E-state index contributed by atoms with van der Waals surface area (Å²) in [6.07, 6.45) is -1.23. The van der Waals surface area contributed by atoms with E-state index >= 15 is 0 Å².